The Morgan fingerprint density at radius 2 is 1.83 bits per heavy atom. The second kappa shape index (κ2) is 7.77. The second-order valence-electron chi connectivity index (χ2n) is 4.94. The first kappa shape index (κ1) is 16.3. The van der Waals surface area contributed by atoms with E-state index in [1.807, 2.05) is 49.4 Å². The normalized spacial score (nSPS) is 11.3. The number of para-hydroxylation sites is 1. The van der Waals surface area contributed by atoms with Gasteiger partial charge in [-0.25, -0.2) is 0 Å². The van der Waals surface area contributed by atoms with Gasteiger partial charge in [0.1, 0.15) is 11.8 Å². The van der Waals surface area contributed by atoms with E-state index >= 15 is 0 Å². The standard InChI is InChI=1S/C20H17NO2/c1-15-8-3-5-12-18(15)20(22)17(14-21)11-7-10-16-9-4-6-13-19(16)23-2/h3-13H,1-2H3/b10-7+,17-11+. The van der Waals surface area contributed by atoms with Gasteiger partial charge in [-0.05, 0) is 24.6 Å². The summed E-state index contributed by atoms with van der Waals surface area (Å²) in [4.78, 5) is 12.4. The molecule has 0 aliphatic heterocycles. The third kappa shape index (κ3) is 3.96. The number of ether oxygens (including phenoxy) is 1. The molecule has 23 heavy (non-hydrogen) atoms. The van der Waals surface area contributed by atoms with Gasteiger partial charge in [-0.2, -0.15) is 5.26 Å². The highest BCUT2D eigenvalue weighted by atomic mass is 16.5. The van der Waals surface area contributed by atoms with Gasteiger partial charge in [0.15, 0.2) is 0 Å². The largest absolute Gasteiger partial charge is 0.496 e. The van der Waals surface area contributed by atoms with Crippen molar-refractivity contribution in [1.82, 2.24) is 0 Å². The molecule has 0 aliphatic carbocycles. The van der Waals surface area contributed by atoms with Crippen LogP contribution in [-0.2, 0) is 0 Å². The lowest BCUT2D eigenvalue weighted by molar-refractivity contribution is 0.103. The molecule has 2 rings (SSSR count). The zero-order valence-electron chi connectivity index (χ0n) is 13.1. The Labute approximate surface area is 136 Å². The lowest BCUT2D eigenvalue weighted by atomic mass is 9.99. The molecule has 0 bridgehead atoms. The average Bonchev–Trinajstić information content (AvgIpc) is 2.59. The summed E-state index contributed by atoms with van der Waals surface area (Å²) in [6.07, 6.45) is 5.02. The van der Waals surface area contributed by atoms with Gasteiger partial charge in [-0.15, -0.1) is 0 Å². The minimum Gasteiger partial charge on any atom is -0.496 e. The van der Waals surface area contributed by atoms with Crippen molar-refractivity contribution >= 4 is 11.9 Å². The molecule has 2 aromatic rings. The summed E-state index contributed by atoms with van der Waals surface area (Å²) in [5, 5.41) is 9.25. The molecule has 0 N–H and O–H groups in total. The number of carbonyl (C=O) groups excluding carboxylic acids is 1. The number of aryl methyl sites for hydroxylation is 1. The zero-order valence-corrected chi connectivity index (χ0v) is 13.1. The van der Waals surface area contributed by atoms with Crippen molar-refractivity contribution < 1.29 is 9.53 Å². The number of carbonyl (C=O) groups is 1. The summed E-state index contributed by atoms with van der Waals surface area (Å²) in [5.41, 5.74) is 2.38. The van der Waals surface area contributed by atoms with E-state index in [1.54, 1.807) is 31.4 Å². The first-order chi connectivity index (χ1) is 11.2. The number of methoxy groups -OCH3 is 1. The van der Waals surface area contributed by atoms with Crippen molar-refractivity contribution in [2.45, 2.75) is 6.92 Å². The molecule has 0 heterocycles. The van der Waals surface area contributed by atoms with Crippen molar-refractivity contribution in [2.24, 2.45) is 0 Å². The summed E-state index contributed by atoms with van der Waals surface area (Å²) in [6, 6.07) is 16.7. The van der Waals surface area contributed by atoms with E-state index in [1.165, 1.54) is 6.08 Å². The van der Waals surface area contributed by atoms with Crippen LogP contribution in [0.3, 0.4) is 0 Å². The minimum absolute atomic E-state index is 0.102. The quantitative estimate of drug-likeness (QED) is 0.357. The lowest BCUT2D eigenvalue weighted by Crippen LogP contribution is -2.03. The summed E-state index contributed by atoms with van der Waals surface area (Å²) < 4.78 is 5.26. The smallest absolute Gasteiger partial charge is 0.203 e. The average molecular weight is 303 g/mol. The monoisotopic (exact) mass is 303 g/mol. The van der Waals surface area contributed by atoms with E-state index in [2.05, 4.69) is 0 Å². The highest BCUT2D eigenvalue weighted by Crippen LogP contribution is 2.19. The molecule has 0 saturated carbocycles. The molecule has 3 nitrogen and oxygen atoms in total. The number of hydrogen-bond donors (Lipinski definition) is 0. The zero-order chi connectivity index (χ0) is 16.7. The summed E-state index contributed by atoms with van der Waals surface area (Å²) in [7, 11) is 1.60. The summed E-state index contributed by atoms with van der Waals surface area (Å²) in [5.74, 6) is 0.469. The Morgan fingerprint density at radius 1 is 1.13 bits per heavy atom. The second-order valence-corrected chi connectivity index (χ2v) is 4.94. The number of hydrogen-bond acceptors (Lipinski definition) is 3. The van der Waals surface area contributed by atoms with Gasteiger partial charge in [0.2, 0.25) is 5.78 Å². The lowest BCUT2D eigenvalue weighted by Gasteiger charge is -2.03. The SMILES string of the molecule is COc1ccccc1/C=C/C=C(\C#N)C(=O)c1ccccc1C. The van der Waals surface area contributed by atoms with Crippen LogP contribution in [-0.4, -0.2) is 12.9 Å². The maximum atomic E-state index is 12.4. The molecule has 114 valence electrons. The minimum atomic E-state index is -0.268. The van der Waals surface area contributed by atoms with E-state index in [0.717, 1.165) is 16.9 Å². The topological polar surface area (TPSA) is 50.1 Å². The first-order valence-corrected chi connectivity index (χ1v) is 7.19. The van der Waals surface area contributed by atoms with Gasteiger partial charge in [0.05, 0.1) is 12.7 Å². The molecule has 0 spiro atoms. The number of allylic oxidation sites excluding steroid dienone is 3. The number of rotatable bonds is 5. The Hall–Kier alpha value is -3.12. The Kier molecular flexibility index (Phi) is 5.49. The van der Waals surface area contributed by atoms with E-state index in [0.29, 0.717) is 5.56 Å². The fourth-order valence-corrected chi connectivity index (χ4v) is 2.19. The Morgan fingerprint density at radius 3 is 2.52 bits per heavy atom. The van der Waals surface area contributed by atoms with E-state index in [9.17, 15) is 10.1 Å². The number of nitriles is 1. The van der Waals surface area contributed by atoms with Crippen LogP contribution in [0.1, 0.15) is 21.5 Å². The van der Waals surface area contributed by atoms with Crippen molar-refractivity contribution in [1.29, 1.82) is 5.26 Å². The van der Waals surface area contributed by atoms with Gasteiger partial charge < -0.3 is 4.74 Å². The number of benzene rings is 2. The fourth-order valence-electron chi connectivity index (χ4n) is 2.19. The molecule has 0 aliphatic rings. The maximum absolute atomic E-state index is 12.4. The predicted molar refractivity (Wildman–Crippen MR) is 91.2 cm³/mol. The highest BCUT2D eigenvalue weighted by molar-refractivity contribution is 6.12. The number of Topliss-reactive ketones (excluding diaryl/α,β-unsaturated/α-hetero) is 1. The number of ketones is 1. The predicted octanol–water partition coefficient (Wildman–Crippen LogP) is 4.35. The van der Waals surface area contributed by atoms with Crippen LogP contribution in [0.2, 0.25) is 0 Å². The Bertz CT molecular complexity index is 810. The highest BCUT2D eigenvalue weighted by Gasteiger charge is 2.12. The van der Waals surface area contributed by atoms with Crippen LogP contribution in [0, 0.1) is 18.3 Å². The van der Waals surface area contributed by atoms with Gasteiger partial charge in [-0.1, -0.05) is 54.6 Å². The molecule has 0 atom stereocenters. The van der Waals surface area contributed by atoms with E-state index in [4.69, 9.17) is 4.74 Å². The van der Waals surface area contributed by atoms with Crippen LogP contribution in [0.15, 0.2) is 66.3 Å². The van der Waals surface area contributed by atoms with Crippen molar-refractivity contribution in [3.63, 3.8) is 0 Å². The summed E-state index contributed by atoms with van der Waals surface area (Å²) >= 11 is 0. The van der Waals surface area contributed by atoms with Crippen LogP contribution in [0.5, 0.6) is 5.75 Å². The first-order valence-electron chi connectivity index (χ1n) is 7.19. The van der Waals surface area contributed by atoms with Crippen molar-refractivity contribution in [2.75, 3.05) is 7.11 Å². The molecule has 0 radical (unpaired) electrons. The van der Waals surface area contributed by atoms with Gasteiger partial charge in [0.25, 0.3) is 0 Å². The Balaban J connectivity index is 2.26. The van der Waals surface area contributed by atoms with Crippen LogP contribution in [0.4, 0.5) is 0 Å². The van der Waals surface area contributed by atoms with Gasteiger partial charge >= 0.3 is 0 Å². The fraction of sp³-hybridized carbons (Fsp3) is 0.100. The third-order valence-electron chi connectivity index (χ3n) is 3.43. The molecule has 0 aromatic heterocycles. The van der Waals surface area contributed by atoms with Gasteiger partial charge in [-0.3, -0.25) is 4.79 Å². The molecule has 2 aromatic carbocycles. The van der Waals surface area contributed by atoms with Crippen molar-refractivity contribution in [3.05, 3.63) is 82.9 Å². The number of nitrogens with zero attached hydrogens (tertiary/aromatic N) is 1. The van der Waals surface area contributed by atoms with Crippen LogP contribution >= 0.6 is 0 Å². The summed E-state index contributed by atoms with van der Waals surface area (Å²) in [6.45, 7) is 1.85. The molecule has 0 unspecified atom stereocenters. The molecular weight excluding hydrogens is 286 g/mol. The van der Waals surface area contributed by atoms with E-state index in [-0.39, 0.29) is 11.4 Å². The van der Waals surface area contributed by atoms with E-state index < -0.39 is 0 Å². The molecular formula is C20H17NO2. The molecule has 0 fully saturated rings. The van der Waals surface area contributed by atoms with Gasteiger partial charge in [0, 0.05) is 11.1 Å². The molecule has 3 heteroatoms. The maximum Gasteiger partial charge on any atom is 0.203 e. The third-order valence-corrected chi connectivity index (χ3v) is 3.43. The molecule has 0 saturated heterocycles. The molecule has 0 amide bonds. The van der Waals surface area contributed by atoms with Crippen molar-refractivity contribution in [3.8, 4) is 11.8 Å². The van der Waals surface area contributed by atoms with Crippen LogP contribution < -0.4 is 4.74 Å². The van der Waals surface area contributed by atoms with Crippen LogP contribution in [0.25, 0.3) is 6.08 Å².